The lowest BCUT2D eigenvalue weighted by molar-refractivity contribution is -0.145. The van der Waals surface area contributed by atoms with E-state index in [-0.39, 0.29) is 0 Å². The quantitative estimate of drug-likeness (QED) is 0.387. The lowest BCUT2D eigenvalue weighted by Crippen LogP contribution is -2.52. The molecule has 1 unspecified atom stereocenters. The first-order valence-electron chi connectivity index (χ1n) is 5.01. The Morgan fingerprint density at radius 1 is 1.11 bits per heavy atom. The van der Waals surface area contributed by atoms with Crippen molar-refractivity contribution >= 4 is 23.9 Å². The maximum absolute atomic E-state index is 11.3. The summed E-state index contributed by atoms with van der Waals surface area (Å²) in [6.07, 6.45) is -0.753. The molecule has 5 N–H and O–H groups in total. The van der Waals surface area contributed by atoms with Crippen LogP contribution in [0.3, 0.4) is 0 Å². The lowest BCUT2D eigenvalue weighted by atomic mass is 10.2. The van der Waals surface area contributed by atoms with Crippen LogP contribution in [0.15, 0.2) is 0 Å². The van der Waals surface area contributed by atoms with E-state index in [1.54, 1.807) is 0 Å². The van der Waals surface area contributed by atoms with Gasteiger partial charge < -0.3 is 26.2 Å². The van der Waals surface area contributed by atoms with Crippen molar-refractivity contribution in [3.63, 3.8) is 0 Å². The van der Waals surface area contributed by atoms with Crippen molar-refractivity contribution in [2.24, 2.45) is 0 Å². The predicted octanol–water partition coefficient (Wildman–Crippen LogP) is -1.65. The van der Waals surface area contributed by atoms with E-state index in [0.29, 0.717) is 0 Å². The molecule has 0 rings (SSSR count). The number of aliphatic carboxylic acids is 2. The van der Waals surface area contributed by atoms with E-state index >= 15 is 0 Å². The highest BCUT2D eigenvalue weighted by Gasteiger charge is 2.24. The summed E-state index contributed by atoms with van der Waals surface area (Å²) in [5, 5.41) is 23.5. The first kappa shape index (κ1) is 15.7. The monoisotopic (exact) mass is 261 g/mol. The van der Waals surface area contributed by atoms with Crippen LogP contribution in [-0.2, 0) is 14.4 Å². The zero-order valence-electron chi connectivity index (χ0n) is 9.89. The van der Waals surface area contributed by atoms with Gasteiger partial charge in [-0.1, -0.05) is 0 Å². The van der Waals surface area contributed by atoms with Crippen LogP contribution < -0.4 is 16.0 Å². The second-order valence-corrected chi connectivity index (χ2v) is 3.44. The molecule has 0 aliphatic heterocycles. The number of likely N-dealkylation sites (N-methyl/N-ethyl adjacent to an activating group) is 1. The molecule has 0 saturated carbocycles. The maximum Gasteiger partial charge on any atom is 0.326 e. The summed E-state index contributed by atoms with van der Waals surface area (Å²) in [4.78, 5) is 43.4. The van der Waals surface area contributed by atoms with Gasteiger partial charge in [0.05, 0.1) is 6.42 Å². The van der Waals surface area contributed by atoms with Crippen LogP contribution in [0.25, 0.3) is 0 Å². The topological polar surface area (TPSA) is 145 Å². The Kier molecular flexibility index (Phi) is 6.18. The molecular formula is C9H15N3O6. The summed E-state index contributed by atoms with van der Waals surface area (Å²) in [5.41, 5.74) is 0. The number of urea groups is 1. The van der Waals surface area contributed by atoms with Crippen LogP contribution >= 0.6 is 0 Å². The first-order chi connectivity index (χ1) is 8.27. The van der Waals surface area contributed by atoms with Gasteiger partial charge >= 0.3 is 18.0 Å². The van der Waals surface area contributed by atoms with Crippen LogP contribution in [0.1, 0.15) is 13.3 Å². The average molecular weight is 261 g/mol. The fourth-order valence-electron chi connectivity index (χ4n) is 1.05. The molecule has 0 radical (unpaired) electrons. The highest BCUT2D eigenvalue weighted by Crippen LogP contribution is 1.93. The molecule has 0 aliphatic carbocycles. The van der Waals surface area contributed by atoms with Crippen molar-refractivity contribution < 1.29 is 29.4 Å². The van der Waals surface area contributed by atoms with Gasteiger partial charge in [-0.3, -0.25) is 9.59 Å². The molecule has 18 heavy (non-hydrogen) atoms. The van der Waals surface area contributed by atoms with Crippen molar-refractivity contribution in [2.45, 2.75) is 25.4 Å². The van der Waals surface area contributed by atoms with Gasteiger partial charge in [-0.25, -0.2) is 9.59 Å². The SMILES string of the molecule is CNC(=O)C(C)NC(=O)N[C@@H](CC(=O)O)C(=O)O. The van der Waals surface area contributed by atoms with Crippen LogP contribution in [0.4, 0.5) is 4.79 Å². The summed E-state index contributed by atoms with van der Waals surface area (Å²) in [6, 6.07) is -3.35. The maximum atomic E-state index is 11.3. The molecule has 3 amide bonds. The molecule has 2 atom stereocenters. The zero-order valence-corrected chi connectivity index (χ0v) is 9.89. The van der Waals surface area contributed by atoms with E-state index in [0.717, 1.165) is 0 Å². The fraction of sp³-hybridized carbons (Fsp3) is 0.556. The van der Waals surface area contributed by atoms with Crippen LogP contribution in [0.5, 0.6) is 0 Å². The average Bonchev–Trinajstić information content (AvgIpc) is 2.25. The fourth-order valence-corrected chi connectivity index (χ4v) is 1.05. The van der Waals surface area contributed by atoms with Gasteiger partial charge in [-0.15, -0.1) is 0 Å². The van der Waals surface area contributed by atoms with Gasteiger partial charge in [0.15, 0.2) is 0 Å². The molecule has 0 fully saturated rings. The van der Waals surface area contributed by atoms with E-state index < -0.39 is 42.4 Å². The van der Waals surface area contributed by atoms with Crippen LogP contribution in [-0.4, -0.2) is 53.2 Å². The van der Waals surface area contributed by atoms with Gasteiger partial charge in [0.2, 0.25) is 5.91 Å². The zero-order chi connectivity index (χ0) is 14.3. The molecule has 102 valence electrons. The Hall–Kier alpha value is -2.32. The van der Waals surface area contributed by atoms with Crippen molar-refractivity contribution in [1.29, 1.82) is 0 Å². The second-order valence-electron chi connectivity index (χ2n) is 3.44. The molecular weight excluding hydrogens is 246 g/mol. The molecule has 9 heteroatoms. The smallest absolute Gasteiger partial charge is 0.326 e. The minimum Gasteiger partial charge on any atom is -0.481 e. The Bertz CT molecular complexity index is 356. The van der Waals surface area contributed by atoms with E-state index in [4.69, 9.17) is 10.2 Å². The van der Waals surface area contributed by atoms with Crippen molar-refractivity contribution in [3.05, 3.63) is 0 Å². The van der Waals surface area contributed by atoms with Crippen LogP contribution in [0, 0.1) is 0 Å². The third kappa shape index (κ3) is 5.68. The van der Waals surface area contributed by atoms with E-state index in [1.165, 1.54) is 14.0 Å². The Balaban J connectivity index is 4.38. The number of hydrogen-bond donors (Lipinski definition) is 5. The minimum atomic E-state index is -1.56. The molecule has 9 nitrogen and oxygen atoms in total. The van der Waals surface area contributed by atoms with Gasteiger partial charge in [-0.2, -0.15) is 0 Å². The van der Waals surface area contributed by atoms with Gasteiger partial charge in [0.1, 0.15) is 12.1 Å². The van der Waals surface area contributed by atoms with Gasteiger partial charge in [-0.05, 0) is 6.92 Å². The number of carboxylic acids is 2. The third-order valence-electron chi connectivity index (χ3n) is 1.97. The largest absolute Gasteiger partial charge is 0.481 e. The molecule has 0 aromatic carbocycles. The second kappa shape index (κ2) is 7.09. The first-order valence-corrected chi connectivity index (χ1v) is 5.01. The number of carbonyl (C=O) groups is 4. The normalized spacial score (nSPS) is 13.0. The van der Waals surface area contributed by atoms with Crippen molar-refractivity contribution in [1.82, 2.24) is 16.0 Å². The summed E-state index contributed by atoms with van der Waals surface area (Å²) < 4.78 is 0. The Morgan fingerprint density at radius 3 is 2.06 bits per heavy atom. The van der Waals surface area contributed by atoms with E-state index in [2.05, 4.69) is 10.6 Å². The molecule has 0 aromatic rings. The Morgan fingerprint density at radius 2 is 1.67 bits per heavy atom. The summed E-state index contributed by atoms with van der Waals surface area (Å²) in [6.45, 7) is 1.39. The minimum absolute atomic E-state index is 0.463. The predicted molar refractivity (Wildman–Crippen MR) is 58.9 cm³/mol. The standard InChI is InChI=1S/C9H15N3O6/c1-4(7(15)10-2)11-9(18)12-5(8(16)17)3-6(13)14/h4-5H,3H2,1-2H3,(H,10,15)(H,13,14)(H,16,17)(H2,11,12,18)/t4?,5-/m0/s1. The molecule has 0 saturated heterocycles. The number of carbonyl (C=O) groups excluding carboxylic acids is 2. The van der Waals surface area contributed by atoms with E-state index in [1.807, 2.05) is 5.32 Å². The summed E-state index contributed by atoms with van der Waals surface area (Å²) in [7, 11) is 1.38. The van der Waals surface area contributed by atoms with Crippen LogP contribution in [0.2, 0.25) is 0 Å². The molecule has 0 aliphatic rings. The lowest BCUT2D eigenvalue weighted by Gasteiger charge is -2.16. The molecule has 0 bridgehead atoms. The number of hydrogen-bond acceptors (Lipinski definition) is 4. The number of amides is 3. The number of carboxylic acid groups (broad SMARTS) is 2. The van der Waals surface area contributed by atoms with E-state index in [9.17, 15) is 19.2 Å². The van der Waals surface area contributed by atoms with Crippen molar-refractivity contribution in [3.8, 4) is 0 Å². The van der Waals surface area contributed by atoms with Crippen molar-refractivity contribution in [2.75, 3.05) is 7.05 Å². The molecule has 0 spiro atoms. The summed E-state index contributed by atoms with van der Waals surface area (Å²) >= 11 is 0. The third-order valence-corrected chi connectivity index (χ3v) is 1.97. The number of rotatable bonds is 6. The highest BCUT2D eigenvalue weighted by molar-refractivity contribution is 5.89. The summed E-state index contributed by atoms with van der Waals surface area (Å²) in [5.74, 6) is -3.29. The molecule has 0 aromatic heterocycles. The van der Waals surface area contributed by atoms with Gasteiger partial charge in [0, 0.05) is 7.05 Å². The van der Waals surface area contributed by atoms with Gasteiger partial charge in [0.25, 0.3) is 0 Å². The molecule has 0 heterocycles. The number of nitrogens with one attached hydrogen (secondary N) is 3. The Labute approximate surface area is 103 Å². The highest BCUT2D eigenvalue weighted by atomic mass is 16.4.